The van der Waals surface area contributed by atoms with E-state index in [1.807, 2.05) is 24.3 Å². The van der Waals surface area contributed by atoms with Crippen LogP contribution < -0.4 is 14.2 Å². The van der Waals surface area contributed by atoms with Crippen molar-refractivity contribution in [2.45, 2.75) is 32.8 Å². The number of pyridine rings is 1. The third kappa shape index (κ3) is 6.41. The highest BCUT2D eigenvalue weighted by molar-refractivity contribution is 7.92. The minimum Gasteiger partial charge on any atom is -0.496 e. The fourth-order valence-corrected chi connectivity index (χ4v) is 4.43. The quantitative estimate of drug-likeness (QED) is 0.399. The molecule has 0 saturated carbocycles. The standard InChI is InChI=1S/C27H31FN2O5S/c1-27(2,3)24-13-19(23-14-21(28)15-29-26(23)35-5)11-18(25(24)34-4)8-7-17-9-10-22(12-20(17)16-31)30-36(6,32)33/h7-15,30-31H,16H2,1-6H3/b8-7+. The summed E-state index contributed by atoms with van der Waals surface area (Å²) in [4.78, 5) is 4.06. The summed E-state index contributed by atoms with van der Waals surface area (Å²) >= 11 is 0. The average molecular weight is 515 g/mol. The second kappa shape index (κ2) is 10.7. The number of ether oxygens (including phenoxy) is 2. The molecule has 7 nitrogen and oxygen atoms in total. The van der Waals surface area contributed by atoms with E-state index in [9.17, 15) is 17.9 Å². The van der Waals surface area contributed by atoms with Crippen LogP contribution >= 0.6 is 0 Å². The monoisotopic (exact) mass is 514 g/mol. The normalized spacial score (nSPS) is 12.1. The summed E-state index contributed by atoms with van der Waals surface area (Å²) in [5, 5.41) is 9.87. The van der Waals surface area contributed by atoms with E-state index in [1.165, 1.54) is 13.2 Å². The highest BCUT2D eigenvalue weighted by Gasteiger charge is 2.23. The molecule has 0 aliphatic rings. The Morgan fingerprint density at radius 1 is 1.06 bits per heavy atom. The number of aliphatic hydroxyl groups excluding tert-OH is 1. The highest BCUT2D eigenvalue weighted by atomic mass is 32.2. The molecular formula is C27H31FN2O5S. The molecule has 2 aromatic carbocycles. The second-order valence-electron chi connectivity index (χ2n) is 9.39. The zero-order valence-electron chi connectivity index (χ0n) is 21.2. The van der Waals surface area contributed by atoms with Crippen LogP contribution in [0.25, 0.3) is 23.3 Å². The van der Waals surface area contributed by atoms with Gasteiger partial charge in [-0.2, -0.15) is 0 Å². The number of benzene rings is 2. The maximum atomic E-state index is 14.1. The summed E-state index contributed by atoms with van der Waals surface area (Å²) in [5.41, 5.74) is 4.16. The van der Waals surface area contributed by atoms with Crippen LogP contribution in [0.4, 0.5) is 10.1 Å². The number of rotatable bonds is 8. The van der Waals surface area contributed by atoms with Crippen molar-refractivity contribution in [3.63, 3.8) is 0 Å². The number of nitrogens with one attached hydrogen (secondary N) is 1. The molecule has 1 heterocycles. The molecule has 3 aromatic rings. The first-order chi connectivity index (χ1) is 16.9. The number of methoxy groups -OCH3 is 2. The van der Waals surface area contributed by atoms with Crippen molar-refractivity contribution in [1.29, 1.82) is 0 Å². The molecule has 0 bridgehead atoms. The summed E-state index contributed by atoms with van der Waals surface area (Å²) in [6, 6.07) is 10.1. The molecule has 0 fully saturated rings. The number of halogens is 1. The van der Waals surface area contributed by atoms with Crippen LogP contribution in [0.5, 0.6) is 11.6 Å². The topological polar surface area (TPSA) is 97.8 Å². The van der Waals surface area contributed by atoms with E-state index in [-0.39, 0.29) is 12.0 Å². The third-order valence-corrected chi connectivity index (χ3v) is 6.12. The van der Waals surface area contributed by atoms with E-state index in [1.54, 1.807) is 25.3 Å². The maximum absolute atomic E-state index is 14.1. The predicted octanol–water partition coefficient (Wildman–Crippen LogP) is 5.24. The minimum absolute atomic E-state index is 0.282. The Kier molecular flexibility index (Phi) is 8.05. The van der Waals surface area contributed by atoms with Crippen LogP contribution in [-0.4, -0.2) is 39.0 Å². The molecule has 0 amide bonds. The Bertz CT molecular complexity index is 1400. The summed E-state index contributed by atoms with van der Waals surface area (Å²) in [5.74, 6) is 0.478. The van der Waals surface area contributed by atoms with Crippen molar-refractivity contribution in [2.24, 2.45) is 0 Å². The Morgan fingerprint density at radius 3 is 2.33 bits per heavy atom. The molecule has 3 rings (SSSR count). The van der Waals surface area contributed by atoms with Gasteiger partial charge in [0.15, 0.2) is 0 Å². The van der Waals surface area contributed by atoms with Crippen molar-refractivity contribution in [3.05, 3.63) is 70.7 Å². The Hall–Kier alpha value is -3.43. The number of nitrogens with zero attached hydrogens (tertiary/aromatic N) is 1. The summed E-state index contributed by atoms with van der Waals surface area (Å²) in [7, 11) is -0.369. The average Bonchev–Trinajstić information content (AvgIpc) is 2.80. The minimum atomic E-state index is -3.45. The van der Waals surface area contributed by atoms with Gasteiger partial charge in [-0.25, -0.2) is 17.8 Å². The van der Waals surface area contributed by atoms with Gasteiger partial charge in [0.05, 0.1) is 33.3 Å². The number of hydrogen-bond acceptors (Lipinski definition) is 6. The Morgan fingerprint density at radius 2 is 1.75 bits per heavy atom. The molecular weight excluding hydrogens is 483 g/mol. The molecule has 0 aliphatic carbocycles. The van der Waals surface area contributed by atoms with Gasteiger partial charge in [0, 0.05) is 22.4 Å². The van der Waals surface area contributed by atoms with E-state index >= 15 is 0 Å². The summed E-state index contributed by atoms with van der Waals surface area (Å²) in [6.45, 7) is 5.89. The van der Waals surface area contributed by atoms with Crippen LogP contribution in [0.15, 0.2) is 42.6 Å². The largest absolute Gasteiger partial charge is 0.496 e. The summed E-state index contributed by atoms with van der Waals surface area (Å²) in [6.07, 6.45) is 5.82. The van der Waals surface area contributed by atoms with Gasteiger partial charge in [0.25, 0.3) is 0 Å². The first kappa shape index (κ1) is 27.2. The van der Waals surface area contributed by atoms with E-state index in [2.05, 4.69) is 30.5 Å². The molecule has 0 saturated heterocycles. The van der Waals surface area contributed by atoms with Gasteiger partial charge in [-0.05, 0) is 52.4 Å². The van der Waals surface area contributed by atoms with Crippen molar-refractivity contribution in [2.75, 3.05) is 25.2 Å². The lowest BCUT2D eigenvalue weighted by Gasteiger charge is -2.25. The third-order valence-electron chi connectivity index (χ3n) is 5.51. The van der Waals surface area contributed by atoms with Crippen LogP contribution in [0.1, 0.15) is 43.0 Å². The maximum Gasteiger partial charge on any atom is 0.229 e. The van der Waals surface area contributed by atoms with Crippen LogP contribution in [0, 0.1) is 5.82 Å². The summed E-state index contributed by atoms with van der Waals surface area (Å²) < 4.78 is 50.8. The lowest BCUT2D eigenvalue weighted by atomic mass is 9.83. The fraction of sp³-hybridized carbons (Fsp3) is 0.296. The molecule has 1 aromatic heterocycles. The fourth-order valence-electron chi connectivity index (χ4n) is 3.87. The molecule has 0 radical (unpaired) electrons. The van der Waals surface area contributed by atoms with Crippen molar-refractivity contribution >= 4 is 27.9 Å². The SMILES string of the molecule is COc1ncc(F)cc1-c1cc(/C=C/c2ccc(NS(C)(=O)=O)cc2CO)c(OC)c(C(C)(C)C)c1. The molecule has 9 heteroatoms. The van der Waals surface area contributed by atoms with E-state index in [0.29, 0.717) is 39.6 Å². The number of aliphatic hydroxyl groups is 1. The zero-order chi connectivity index (χ0) is 26.7. The van der Waals surface area contributed by atoms with Gasteiger partial charge in [-0.3, -0.25) is 4.72 Å². The smallest absolute Gasteiger partial charge is 0.229 e. The van der Waals surface area contributed by atoms with E-state index in [4.69, 9.17) is 9.47 Å². The van der Waals surface area contributed by atoms with E-state index in [0.717, 1.165) is 23.6 Å². The molecule has 0 aliphatic heterocycles. The van der Waals surface area contributed by atoms with E-state index < -0.39 is 15.8 Å². The first-order valence-corrected chi connectivity index (χ1v) is 13.1. The zero-order valence-corrected chi connectivity index (χ0v) is 22.0. The van der Waals surface area contributed by atoms with Crippen molar-refractivity contribution in [3.8, 4) is 22.8 Å². The van der Waals surface area contributed by atoms with Gasteiger partial charge >= 0.3 is 0 Å². The van der Waals surface area contributed by atoms with Crippen LogP contribution in [0.2, 0.25) is 0 Å². The number of sulfonamides is 1. The van der Waals surface area contributed by atoms with Gasteiger partial charge in [-0.1, -0.05) is 39.0 Å². The van der Waals surface area contributed by atoms with Gasteiger partial charge in [-0.15, -0.1) is 0 Å². The number of aromatic nitrogens is 1. The van der Waals surface area contributed by atoms with Crippen LogP contribution in [0.3, 0.4) is 0 Å². The molecule has 36 heavy (non-hydrogen) atoms. The number of hydrogen-bond donors (Lipinski definition) is 2. The highest BCUT2D eigenvalue weighted by Crippen LogP contribution is 2.40. The van der Waals surface area contributed by atoms with Crippen molar-refractivity contribution in [1.82, 2.24) is 4.98 Å². The predicted molar refractivity (Wildman–Crippen MR) is 141 cm³/mol. The second-order valence-corrected chi connectivity index (χ2v) is 11.1. The molecule has 0 spiro atoms. The Labute approximate surface area is 211 Å². The van der Waals surface area contributed by atoms with Gasteiger partial charge in [0.2, 0.25) is 15.9 Å². The molecule has 192 valence electrons. The lowest BCUT2D eigenvalue weighted by Crippen LogP contribution is -2.14. The Balaban J connectivity index is 2.18. The van der Waals surface area contributed by atoms with Crippen molar-refractivity contribution < 1.29 is 27.4 Å². The first-order valence-electron chi connectivity index (χ1n) is 11.2. The molecule has 2 N–H and O–H groups in total. The van der Waals surface area contributed by atoms with Gasteiger partial charge in [0.1, 0.15) is 11.6 Å². The number of anilines is 1. The van der Waals surface area contributed by atoms with Crippen LogP contribution in [-0.2, 0) is 22.0 Å². The molecule has 0 unspecified atom stereocenters. The van der Waals surface area contributed by atoms with Gasteiger partial charge < -0.3 is 14.6 Å². The molecule has 0 atom stereocenters. The lowest BCUT2D eigenvalue weighted by molar-refractivity contribution is 0.281.